The van der Waals surface area contributed by atoms with Crippen LogP contribution in [0.4, 0.5) is 16.2 Å². The second-order valence-corrected chi connectivity index (χ2v) is 8.04. The van der Waals surface area contributed by atoms with Crippen molar-refractivity contribution in [3.8, 4) is 0 Å². The molecule has 2 saturated heterocycles. The van der Waals surface area contributed by atoms with Crippen LogP contribution in [0.25, 0.3) is 6.08 Å². The molecular formula is C22H21BrN4O4. The van der Waals surface area contributed by atoms with Crippen LogP contribution in [-0.4, -0.2) is 55.6 Å². The predicted molar refractivity (Wildman–Crippen MR) is 120 cm³/mol. The highest BCUT2D eigenvalue weighted by atomic mass is 79.9. The van der Waals surface area contributed by atoms with Crippen molar-refractivity contribution in [2.45, 2.75) is 0 Å². The number of amides is 4. The number of imide groups is 1. The first kappa shape index (κ1) is 21.1. The molecule has 8 nitrogen and oxygen atoms in total. The summed E-state index contributed by atoms with van der Waals surface area (Å²) in [6, 6.07) is 14.1. The first-order chi connectivity index (χ1) is 15.0. The monoisotopic (exact) mass is 484 g/mol. The normalized spacial score (nSPS) is 17.8. The number of halogens is 1. The number of ether oxygens (including phenoxy) is 1. The maximum Gasteiger partial charge on any atom is 0.329 e. The lowest BCUT2D eigenvalue weighted by Gasteiger charge is -2.28. The van der Waals surface area contributed by atoms with E-state index in [0.717, 1.165) is 33.7 Å². The fourth-order valence-electron chi connectivity index (χ4n) is 3.36. The number of benzene rings is 2. The van der Waals surface area contributed by atoms with Gasteiger partial charge < -0.3 is 20.3 Å². The molecule has 0 aromatic heterocycles. The summed E-state index contributed by atoms with van der Waals surface area (Å²) in [5, 5.41) is 5.21. The predicted octanol–water partition coefficient (Wildman–Crippen LogP) is 2.82. The summed E-state index contributed by atoms with van der Waals surface area (Å²) in [6.45, 7) is 2.72. The Balaban J connectivity index is 1.39. The highest BCUT2D eigenvalue weighted by Gasteiger charge is 2.34. The number of hydrogen-bond donors (Lipinski definition) is 2. The zero-order valence-electron chi connectivity index (χ0n) is 16.6. The Labute approximate surface area is 188 Å². The van der Waals surface area contributed by atoms with Crippen molar-refractivity contribution in [2.24, 2.45) is 0 Å². The number of anilines is 2. The van der Waals surface area contributed by atoms with Crippen LogP contribution >= 0.6 is 15.9 Å². The summed E-state index contributed by atoms with van der Waals surface area (Å²) in [5.74, 6) is -0.991. The van der Waals surface area contributed by atoms with E-state index in [0.29, 0.717) is 18.9 Å². The minimum atomic E-state index is -0.618. The number of rotatable bonds is 5. The molecule has 4 rings (SSSR count). The highest BCUT2D eigenvalue weighted by Crippen LogP contribution is 2.20. The van der Waals surface area contributed by atoms with Gasteiger partial charge in [-0.25, -0.2) is 9.69 Å². The fraction of sp³-hybridized carbons (Fsp3) is 0.227. The molecular weight excluding hydrogens is 464 g/mol. The van der Waals surface area contributed by atoms with Crippen LogP contribution in [0.5, 0.6) is 0 Å². The van der Waals surface area contributed by atoms with E-state index in [-0.39, 0.29) is 12.2 Å². The van der Waals surface area contributed by atoms with E-state index in [2.05, 4.69) is 31.5 Å². The van der Waals surface area contributed by atoms with E-state index >= 15 is 0 Å². The van der Waals surface area contributed by atoms with Gasteiger partial charge in [0.25, 0.3) is 5.91 Å². The summed E-state index contributed by atoms with van der Waals surface area (Å²) < 4.78 is 6.25. The van der Waals surface area contributed by atoms with Gasteiger partial charge >= 0.3 is 6.03 Å². The SMILES string of the molecule is O=C(CN1C(=O)N/C(=C\c2ccc(N3CCOCC3)cc2)C1=O)Nc1ccc(Br)cc1. The summed E-state index contributed by atoms with van der Waals surface area (Å²) in [6.07, 6.45) is 1.61. The Hall–Kier alpha value is -3.17. The van der Waals surface area contributed by atoms with E-state index in [9.17, 15) is 14.4 Å². The number of morpholine rings is 1. The van der Waals surface area contributed by atoms with Crippen molar-refractivity contribution >= 4 is 51.2 Å². The molecule has 160 valence electrons. The van der Waals surface area contributed by atoms with Gasteiger partial charge in [-0.05, 0) is 48.0 Å². The summed E-state index contributed by atoms with van der Waals surface area (Å²) >= 11 is 3.32. The molecule has 2 aromatic rings. The summed E-state index contributed by atoms with van der Waals surface area (Å²) in [7, 11) is 0. The zero-order chi connectivity index (χ0) is 21.8. The molecule has 4 amide bonds. The van der Waals surface area contributed by atoms with Crippen molar-refractivity contribution in [3.05, 3.63) is 64.3 Å². The van der Waals surface area contributed by atoms with Crippen LogP contribution in [0.1, 0.15) is 5.56 Å². The quantitative estimate of drug-likeness (QED) is 0.502. The number of carbonyl (C=O) groups excluding carboxylic acids is 3. The fourth-order valence-corrected chi connectivity index (χ4v) is 3.63. The van der Waals surface area contributed by atoms with Crippen LogP contribution in [0.2, 0.25) is 0 Å². The van der Waals surface area contributed by atoms with E-state index in [1.165, 1.54) is 0 Å². The second kappa shape index (κ2) is 9.32. The van der Waals surface area contributed by atoms with Gasteiger partial charge in [0.1, 0.15) is 12.2 Å². The van der Waals surface area contributed by atoms with Crippen LogP contribution in [0.3, 0.4) is 0 Å². The molecule has 0 aliphatic carbocycles. The molecule has 2 aromatic carbocycles. The van der Waals surface area contributed by atoms with E-state index in [4.69, 9.17) is 4.74 Å². The largest absolute Gasteiger partial charge is 0.378 e. The molecule has 31 heavy (non-hydrogen) atoms. The van der Waals surface area contributed by atoms with Gasteiger partial charge in [-0.3, -0.25) is 9.59 Å². The van der Waals surface area contributed by atoms with E-state index in [1.807, 2.05) is 24.3 Å². The van der Waals surface area contributed by atoms with Gasteiger partial charge in [-0.1, -0.05) is 28.1 Å². The number of nitrogens with zero attached hydrogens (tertiary/aromatic N) is 2. The summed E-state index contributed by atoms with van der Waals surface area (Å²) in [4.78, 5) is 40.2. The molecule has 2 aliphatic rings. The smallest absolute Gasteiger partial charge is 0.329 e. The van der Waals surface area contributed by atoms with E-state index in [1.54, 1.807) is 30.3 Å². The van der Waals surface area contributed by atoms with Crippen molar-refractivity contribution in [3.63, 3.8) is 0 Å². The Morgan fingerprint density at radius 3 is 2.42 bits per heavy atom. The summed E-state index contributed by atoms with van der Waals surface area (Å²) in [5.41, 5.74) is 2.58. The maximum atomic E-state index is 12.6. The first-order valence-electron chi connectivity index (χ1n) is 9.82. The average Bonchev–Trinajstić information content (AvgIpc) is 3.04. The minimum absolute atomic E-state index is 0.139. The van der Waals surface area contributed by atoms with Crippen LogP contribution in [-0.2, 0) is 14.3 Å². The lowest BCUT2D eigenvalue weighted by molar-refractivity contribution is -0.127. The first-order valence-corrected chi connectivity index (χ1v) is 10.6. The zero-order valence-corrected chi connectivity index (χ0v) is 18.2. The molecule has 9 heteroatoms. The standard InChI is InChI=1S/C22H21BrN4O4/c23-16-3-5-17(6-4-16)24-20(28)14-27-21(29)19(25-22(27)30)13-15-1-7-18(8-2-15)26-9-11-31-12-10-26/h1-8,13H,9-12,14H2,(H,24,28)(H,25,30)/b19-13-. The van der Waals surface area contributed by atoms with Crippen LogP contribution in [0, 0.1) is 0 Å². The number of carbonyl (C=O) groups is 3. The lowest BCUT2D eigenvalue weighted by atomic mass is 10.1. The van der Waals surface area contributed by atoms with Crippen molar-refractivity contribution in [1.29, 1.82) is 0 Å². The van der Waals surface area contributed by atoms with Crippen molar-refractivity contribution in [1.82, 2.24) is 10.2 Å². The van der Waals surface area contributed by atoms with Crippen LogP contribution in [0.15, 0.2) is 58.7 Å². The molecule has 0 atom stereocenters. The molecule has 0 spiro atoms. The Kier molecular flexibility index (Phi) is 6.34. The molecule has 2 heterocycles. The van der Waals surface area contributed by atoms with Crippen molar-refractivity contribution < 1.29 is 19.1 Å². The number of hydrogen-bond acceptors (Lipinski definition) is 5. The number of urea groups is 1. The third-order valence-corrected chi connectivity index (χ3v) is 5.50. The van der Waals surface area contributed by atoms with Gasteiger partial charge in [0.2, 0.25) is 5.91 Å². The van der Waals surface area contributed by atoms with Crippen molar-refractivity contribution in [2.75, 3.05) is 43.1 Å². The van der Waals surface area contributed by atoms with Gasteiger partial charge in [-0.2, -0.15) is 0 Å². The van der Waals surface area contributed by atoms with Gasteiger partial charge in [-0.15, -0.1) is 0 Å². The molecule has 2 N–H and O–H groups in total. The van der Waals surface area contributed by atoms with E-state index < -0.39 is 17.8 Å². The third kappa shape index (κ3) is 5.12. The molecule has 0 bridgehead atoms. The topological polar surface area (TPSA) is 91.0 Å². The van der Waals surface area contributed by atoms with Gasteiger partial charge in [0.05, 0.1) is 13.2 Å². The minimum Gasteiger partial charge on any atom is -0.378 e. The number of nitrogens with one attached hydrogen (secondary N) is 2. The lowest BCUT2D eigenvalue weighted by Crippen LogP contribution is -2.38. The molecule has 2 fully saturated rings. The Morgan fingerprint density at radius 2 is 1.74 bits per heavy atom. The Bertz CT molecular complexity index is 1010. The average molecular weight is 485 g/mol. The Morgan fingerprint density at radius 1 is 1.06 bits per heavy atom. The van der Waals surface area contributed by atoms with Crippen LogP contribution < -0.4 is 15.5 Å². The highest BCUT2D eigenvalue weighted by molar-refractivity contribution is 9.10. The third-order valence-electron chi connectivity index (χ3n) is 4.97. The van der Waals surface area contributed by atoms with Gasteiger partial charge in [0, 0.05) is 28.9 Å². The molecule has 0 saturated carbocycles. The second-order valence-electron chi connectivity index (χ2n) is 7.13. The molecule has 0 unspecified atom stereocenters. The van der Waals surface area contributed by atoms with Gasteiger partial charge in [0.15, 0.2) is 0 Å². The molecule has 0 radical (unpaired) electrons. The maximum absolute atomic E-state index is 12.6. The molecule has 2 aliphatic heterocycles.